The van der Waals surface area contributed by atoms with Gasteiger partial charge in [0, 0.05) is 18.9 Å². The van der Waals surface area contributed by atoms with E-state index in [9.17, 15) is 14.4 Å². The lowest BCUT2D eigenvalue weighted by atomic mass is 9.49. The third-order valence-electron chi connectivity index (χ3n) is 8.73. The van der Waals surface area contributed by atoms with Crippen LogP contribution in [0.4, 0.5) is 5.69 Å². The maximum atomic E-state index is 14.4. The minimum Gasteiger partial charge on any atom is -0.494 e. The van der Waals surface area contributed by atoms with E-state index in [1.54, 1.807) is 41.6 Å². The number of aromatic nitrogens is 1. The molecular formula is C29H33N3O4. The van der Waals surface area contributed by atoms with Crippen molar-refractivity contribution in [3.8, 4) is 5.75 Å². The van der Waals surface area contributed by atoms with Gasteiger partial charge in [0.2, 0.25) is 11.8 Å². The molecule has 5 fully saturated rings. The quantitative estimate of drug-likeness (QED) is 0.543. The third kappa shape index (κ3) is 3.98. The van der Waals surface area contributed by atoms with Crippen LogP contribution in [0.1, 0.15) is 57.4 Å². The zero-order valence-electron chi connectivity index (χ0n) is 20.8. The monoisotopic (exact) mass is 487 g/mol. The molecule has 1 aromatic heterocycles. The van der Waals surface area contributed by atoms with Gasteiger partial charge in [0.1, 0.15) is 11.8 Å². The molecule has 2 aromatic rings. The molecule has 36 heavy (non-hydrogen) atoms. The summed E-state index contributed by atoms with van der Waals surface area (Å²) >= 11 is 0. The van der Waals surface area contributed by atoms with Crippen LogP contribution in [0.15, 0.2) is 48.8 Å². The second kappa shape index (κ2) is 9.02. The fourth-order valence-electron chi connectivity index (χ4n) is 7.68. The van der Waals surface area contributed by atoms with E-state index in [1.807, 2.05) is 19.1 Å². The van der Waals surface area contributed by atoms with Crippen molar-refractivity contribution >= 4 is 23.4 Å². The molecule has 3 amide bonds. The Labute approximate surface area is 211 Å². The highest BCUT2D eigenvalue weighted by Gasteiger charge is 2.57. The van der Waals surface area contributed by atoms with Crippen LogP contribution in [0.2, 0.25) is 0 Å². The first-order valence-electron chi connectivity index (χ1n) is 13.3. The standard InChI is InChI=1S/C29H33N3O4/c1-2-36-24-7-5-23(6-8-24)32-26(33)13-25(27(32)34)31(18-19-4-3-9-30-17-19)28(35)29-14-20-10-21(15-29)12-22(11-20)16-29/h3-9,17,20-22,25H,2,10-16,18H2,1H3. The Kier molecular flexibility index (Phi) is 5.81. The Morgan fingerprint density at radius 3 is 2.31 bits per heavy atom. The van der Waals surface area contributed by atoms with Crippen molar-refractivity contribution in [1.29, 1.82) is 0 Å². The van der Waals surface area contributed by atoms with Gasteiger partial charge >= 0.3 is 0 Å². The number of rotatable bonds is 7. The van der Waals surface area contributed by atoms with E-state index in [4.69, 9.17) is 4.74 Å². The van der Waals surface area contributed by atoms with Gasteiger partial charge < -0.3 is 9.64 Å². The third-order valence-corrected chi connectivity index (χ3v) is 8.73. The zero-order chi connectivity index (χ0) is 24.9. The van der Waals surface area contributed by atoms with Gasteiger partial charge in [-0.05, 0) is 99.1 Å². The predicted octanol–water partition coefficient (Wildman–Crippen LogP) is 4.36. The summed E-state index contributed by atoms with van der Waals surface area (Å²) in [7, 11) is 0. The van der Waals surface area contributed by atoms with Gasteiger partial charge in [-0.3, -0.25) is 19.4 Å². The molecule has 1 aliphatic heterocycles. The van der Waals surface area contributed by atoms with Crippen molar-refractivity contribution in [2.24, 2.45) is 23.2 Å². The highest BCUT2D eigenvalue weighted by molar-refractivity contribution is 6.23. The molecule has 1 saturated heterocycles. The fraction of sp³-hybridized carbons (Fsp3) is 0.517. The lowest BCUT2D eigenvalue weighted by molar-refractivity contribution is -0.162. The molecule has 1 unspecified atom stereocenters. The van der Waals surface area contributed by atoms with Crippen molar-refractivity contribution in [2.75, 3.05) is 11.5 Å². The van der Waals surface area contributed by atoms with Crippen LogP contribution in [-0.2, 0) is 20.9 Å². The number of nitrogens with zero attached hydrogens (tertiary/aromatic N) is 3. The Balaban J connectivity index is 1.31. The van der Waals surface area contributed by atoms with Crippen LogP contribution in [0.25, 0.3) is 0 Å². The van der Waals surface area contributed by atoms with Crippen molar-refractivity contribution in [3.05, 3.63) is 54.4 Å². The SMILES string of the molecule is CCOc1ccc(N2C(=O)CC(N(Cc3cccnc3)C(=O)C34CC5CC(CC(C5)C3)C4)C2=O)cc1. The number of carbonyl (C=O) groups is 3. The highest BCUT2D eigenvalue weighted by Crippen LogP contribution is 2.60. The number of ether oxygens (including phenoxy) is 1. The zero-order valence-corrected chi connectivity index (χ0v) is 20.8. The van der Waals surface area contributed by atoms with Crippen LogP contribution in [0, 0.1) is 23.2 Å². The molecule has 7 heteroatoms. The van der Waals surface area contributed by atoms with Crippen molar-refractivity contribution in [3.63, 3.8) is 0 Å². The van der Waals surface area contributed by atoms with E-state index in [0.29, 0.717) is 35.8 Å². The van der Waals surface area contributed by atoms with Gasteiger partial charge in [-0.2, -0.15) is 0 Å². The number of imide groups is 1. The maximum absolute atomic E-state index is 14.4. The molecule has 4 bridgehead atoms. The summed E-state index contributed by atoms with van der Waals surface area (Å²) in [6.45, 7) is 2.73. The molecule has 0 spiro atoms. The van der Waals surface area contributed by atoms with Crippen LogP contribution in [0.5, 0.6) is 5.75 Å². The van der Waals surface area contributed by atoms with E-state index in [0.717, 1.165) is 24.8 Å². The number of pyridine rings is 1. The molecule has 0 radical (unpaired) electrons. The summed E-state index contributed by atoms with van der Waals surface area (Å²) in [4.78, 5) is 48.5. The molecule has 0 N–H and O–H groups in total. The van der Waals surface area contributed by atoms with Crippen molar-refractivity contribution in [2.45, 2.75) is 64.5 Å². The molecule has 188 valence electrons. The number of carbonyl (C=O) groups excluding carboxylic acids is 3. The summed E-state index contributed by atoms with van der Waals surface area (Å²) < 4.78 is 5.50. The van der Waals surface area contributed by atoms with Crippen molar-refractivity contribution in [1.82, 2.24) is 9.88 Å². The molecule has 4 aliphatic carbocycles. The van der Waals surface area contributed by atoms with Gasteiger partial charge in [0.15, 0.2) is 0 Å². The van der Waals surface area contributed by atoms with E-state index in [-0.39, 0.29) is 30.7 Å². The lowest BCUT2D eigenvalue weighted by Gasteiger charge is -2.56. The number of hydrogen-bond donors (Lipinski definition) is 0. The Morgan fingerprint density at radius 1 is 1.06 bits per heavy atom. The minimum absolute atomic E-state index is 0.00438. The molecule has 1 aromatic carbocycles. The summed E-state index contributed by atoms with van der Waals surface area (Å²) in [5.41, 5.74) is 0.988. The average Bonchev–Trinajstić information content (AvgIpc) is 3.16. The van der Waals surface area contributed by atoms with Gasteiger partial charge in [-0.25, -0.2) is 4.90 Å². The summed E-state index contributed by atoms with van der Waals surface area (Å²) in [6.07, 6.45) is 9.91. The van der Waals surface area contributed by atoms with Crippen LogP contribution >= 0.6 is 0 Å². The maximum Gasteiger partial charge on any atom is 0.257 e. The Bertz CT molecular complexity index is 1130. The van der Waals surface area contributed by atoms with Gasteiger partial charge in [0.25, 0.3) is 5.91 Å². The van der Waals surface area contributed by atoms with Gasteiger partial charge in [-0.15, -0.1) is 0 Å². The van der Waals surface area contributed by atoms with Gasteiger partial charge in [-0.1, -0.05) is 6.07 Å². The first-order chi connectivity index (χ1) is 17.5. The molecule has 4 saturated carbocycles. The summed E-state index contributed by atoms with van der Waals surface area (Å²) in [5.74, 6) is 1.98. The molecule has 1 atom stereocenters. The Hall–Kier alpha value is -3.22. The fourth-order valence-corrected chi connectivity index (χ4v) is 7.68. The highest BCUT2D eigenvalue weighted by atomic mass is 16.5. The van der Waals surface area contributed by atoms with Gasteiger partial charge in [0.05, 0.1) is 24.1 Å². The molecule has 5 aliphatic rings. The summed E-state index contributed by atoms with van der Waals surface area (Å²) in [5, 5.41) is 0. The van der Waals surface area contributed by atoms with E-state index >= 15 is 0 Å². The van der Waals surface area contributed by atoms with Crippen molar-refractivity contribution < 1.29 is 19.1 Å². The predicted molar refractivity (Wildman–Crippen MR) is 134 cm³/mol. The van der Waals surface area contributed by atoms with Crippen LogP contribution < -0.4 is 9.64 Å². The second-order valence-electron chi connectivity index (χ2n) is 11.2. The topological polar surface area (TPSA) is 79.8 Å². The second-order valence-corrected chi connectivity index (χ2v) is 11.2. The first kappa shape index (κ1) is 23.2. The van der Waals surface area contributed by atoms with E-state index in [2.05, 4.69) is 4.98 Å². The first-order valence-corrected chi connectivity index (χ1v) is 13.3. The number of amides is 3. The van der Waals surface area contributed by atoms with E-state index < -0.39 is 11.5 Å². The molecule has 7 rings (SSSR count). The average molecular weight is 488 g/mol. The summed E-state index contributed by atoms with van der Waals surface area (Å²) in [6, 6.07) is 9.96. The lowest BCUT2D eigenvalue weighted by Crippen LogP contribution is -2.57. The smallest absolute Gasteiger partial charge is 0.257 e. The minimum atomic E-state index is -0.801. The van der Waals surface area contributed by atoms with Crippen LogP contribution in [0.3, 0.4) is 0 Å². The van der Waals surface area contributed by atoms with Crippen LogP contribution in [-0.4, -0.2) is 40.3 Å². The number of anilines is 1. The Morgan fingerprint density at radius 2 is 1.72 bits per heavy atom. The number of benzene rings is 1. The van der Waals surface area contributed by atoms with E-state index in [1.165, 1.54) is 24.2 Å². The molecular weight excluding hydrogens is 454 g/mol. The molecule has 7 nitrogen and oxygen atoms in total. The largest absolute Gasteiger partial charge is 0.494 e. The molecule has 2 heterocycles. The number of hydrogen-bond acceptors (Lipinski definition) is 5. The normalized spacial score (nSPS) is 30.6.